The lowest BCUT2D eigenvalue weighted by Gasteiger charge is -2.35. The molecule has 0 unspecified atom stereocenters. The average molecular weight is 392 g/mol. The van der Waals surface area contributed by atoms with Crippen molar-refractivity contribution in [1.82, 2.24) is 9.80 Å². The summed E-state index contributed by atoms with van der Waals surface area (Å²) in [6.07, 6.45) is 8.89. The third-order valence-electron chi connectivity index (χ3n) is 4.91. The van der Waals surface area contributed by atoms with Gasteiger partial charge >= 0.3 is 6.03 Å². The Morgan fingerprint density at radius 3 is 2.62 bits per heavy atom. The van der Waals surface area contributed by atoms with E-state index in [1.165, 1.54) is 32.1 Å². The first kappa shape index (κ1) is 17.5. The Labute approximate surface area is 153 Å². The zero-order chi connectivity index (χ0) is 16.8. The maximum atomic E-state index is 12.4. The van der Waals surface area contributed by atoms with Crippen LogP contribution in [0.25, 0.3) is 0 Å². The van der Waals surface area contributed by atoms with Gasteiger partial charge in [0.1, 0.15) is 0 Å². The second-order valence-corrected chi connectivity index (χ2v) is 7.45. The predicted molar refractivity (Wildman–Crippen MR) is 102 cm³/mol. The molecule has 0 bridgehead atoms. The zero-order valence-electron chi connectivity index (χ0n) is 14.1. The highest BCUT2D eigenvalue weighted by Crippen LogP contribution is 2.22. The van der Waals surface area contributed by atoms with Crippen molar-refractivity contribution in [2.24, 2.45) is 0 Å². The number of rotatable bonds is 4. The minimum absolute atomic E-state index is 0.00320. The number of urea groups is 1. The monoisotopic (exact) mass is 391 g/mol. The quantitative estimate of drug-likeness (QED) is 0.767. The van der Waals surface area contributed by atoms with E-state index in [2.05, 4.69) is 32.2 Å². The van der Waals surface area contributed by atoms with Crippen LogP contribution in [-0.4, -0.2) is 48.6 Å². The van der Waals surface area contributed by atoms with Gasteiger partial charge < -0.3 is 10.2 Å². The summed E-state index contributed by atoms with van der Waals surface area (Å²) in [5, 5.41) is 2.99. The standard InChI is InChI=1S/C19H26BrN3O/c20-17-8-4-5-9-18(17)21-19(24)23-14-12-22(13-15-23)11-10-16-6-2-1-3-7-16/h4-6,8-9H,1-3,7,10-15H2,(H,21,24). The van der Waals surface area contributed by atoms with Crippen molar-refractivity contribution in [2.45, 2.75) is 32.1 Å². The van der Waals surface area contributed by atoms with Gasteiger partial charge in [0.2, 0.25) is 0 Å². The van der Waals surface area contributed by atoms with Crippen LogP contribution in [0.5, 0.6) is 0 Å². The minimum atomic E-state index is -0.00320. The van der Waals surface area contributed by atoms with Crippen LogP contribution in [0.2, 0.25) is 0 Å². The fraction of sp³-hybridized carbons (Fsp3) is 0.526. The molecule has 0 radical (unpaired) electrons. The van der Waals surface area contributed by atoms with E-state index < -0.39 is 0 Å². The van der Waals surface area contributed by atoms with E-state index in [0.717, 1.165) is 42.9 Å². The molecule has 0 aromatic heterocycles. The van der Waals surface area contributed by atoms with Gasteiger partial charge in [0.25, 0.3) is 0 Å². The van der Waals surface area contributed by atoms with E-state index >= 15 is 0 Å². The molecule has 0 atom stereocenters. The Balaban J connectivity index is 1.42. The summed E-state index contributed by atoms with van der Waals surface area (Å²) in [7, 11) is 0. The van der Waals surface area contributed by atoms with Crippen LogP contribution in [-0.2, 0) is 0 Å². The van der Waals surface area contributed by atoms with E-state index in [1.54, 1.807) is 5.57 Å². The fourth-order valence-corrected chi connectivity index (χ4v) is 3.75. The number of anilines is 1. The molecule has 2 aliphatic rings. The lowest BCUT2D eigenvalue weighted by molar-refractivity contribution is 0.148. The van der Waals surface area contributed by atoms with Crippen molar-refractivity contribution in [1.29, 1.82) is 0 Å². The maximum absolute atomic E-state index is 12.4. The number of allylic oxidation sites excluding steroid dienone is 1. The van der Waals surface area contributed by atoms with E-state index in [4.69, 9.17) is 0 Å². The molecule has 3 rings (SSSR count). The zero-order valence-corrected chi connectivity index (χ0v) is 15.7. The van der Waals surface area contributed by atoms with Crippen LogP contribution in [0.4, 0.5) is 10.5 Å². The molecule has 1 N–H and O–H groups in total. The third kappa shape index (κ3) is 4.84. The number of para-hydroxylation sites is 1. The van der Waals surface area contributed by atoms with E-state index in [-0.39, 0.29) is 6.03 Å². The van der Waals surface area contributed by atoms with Gasteiger partial charge in [-0.2, -0.15) is 0 Å². The Hall–Kier alpha value is -1.33. The van der Waals surface area contributed by atoms with Crippen molar-refractivity contribution in [3.63, 3.8) is 0 Å². The SMILES string of the molecule is O=C(Nc1ccccc1Br)N1CCN(CCC2=CCCCC2)CC1. The van der Waals surface area contributed by atoms with Crippen LogP contribution in [0.3, 0.4) is 0 Å². The third-order valence-corrected chi connectivity index (χ3v) is 5.60. The number of piperazine rings is 1. The highest BCUT2D eigenvalue weighted by Gasteiger charge is 2.21. The topological polar surface area (TPSA) is 35.6 Å². The summed E-state index contributed by atoms with van der Waals surface area (Å²) in [4.78, 5) is 16.8. The lowest BCUT2D eigenvalue weighted by Crippen LogP contribution is -2.50. The predicted octanol–water partition coefficient (Wildman–Crippen LogP) is 4.49. The Bertz CT molecular complexity index is 594. The molecule has 4 nitrogen and oxygen atoms in total. The second kappa shape index (κ2) is 8.67. The number of amides is 2. The van der Waals surface area contributed by atoms with Crippen molar-refractivity contribution >= 4 is 27.6 Å². The number of halogens is 1. The van der Waals surface area contributed by atoms with Gasteiger partial charge in [-0.3, -0.25) is 4.90 Å². The number of nitrogens with one attached hydrogen (secondary N) is 1. The van der Waals surface area contributed by atoms with Crippen LogP contribution in [0.1, 0.15) is 32.1 Å². The Kier molecular flexibility index (Phi) is 6.32. The van der Waals surface area contributed by atoms with E-state index in [0.29, 0.717) is 0 Å². The number of benzene rings is 1. The van der Waals surface area contributed by atoms with Gasteiger partial charge in [0, 0.05) is 37.2 Å². The molecule has 1 aliphatic heterocycles. The highest BCUT2D eigenvalue weighted by atomic mass is 79.9. The van der Waals surface area contributed by atoms with E-state index in [9.17, 15) is 4.79 Å². The molecule has 1 aliphatic carbocycles. The molecule has 1 heterocycles. The Morgan fingerprint density at radius 1 is 1.12 bits per heavy atom. The van der Waals surface area contributed by atoms with Gasteiger partial charge in [-0.25, -0.2) is 4.79 Å². The number of hydrogen-bond donors (Lipinski definition) is 1. The van der Waals surface area contributed by atoms with Crippen LogP contribution in [0.15, 0.2) is 40.4 Å². The molecule has 24 heavy (non-hydrogen) atoms. The molecule has 0 spiro atoms. The first-order valence-corrected chi connectivity index (χ1v) is 9.72. The average Bonchev–Trinajstić information content (AvgIpc) is 2.63. The highest BCUT2D eigenvalue weighted by molar-refractivity contribution is 9.10. The maximum Gasteiger partial charge on any atom is 0.321 e. The minimum Gasteiger partial charge on any atom is -0.322 e. The molecule has 130 valence electrons. The van der Waals surface area contributed by atoms with Gasteiger partial charge in [-0.05, 0) is 60.2 Å². The summed E-state index contributed by atoms with van der Waals surface area (Å²) >= 11 is 3.47. The molecular formula is C19H26BrN3O. The number of carbonyl (C=O) groups is 1. The van der Waals surface area contributed by atoms with Crippen molar-refractivity contribution in [3.05, 3.63) is 40.4 Å². The number of nitrogens with zero attached hydrogens (tertiary/aromatic N) is 2. The molecule has 1 aromatic rings. The van der Waals surface area contributed by atoms with Crippen molar-refractivity contribution in [2.75, 3.05) is 38.0 Å². The number of carbonyl (C=O) groups excluding carboxylic acids is 1. The summed E-state index contributed by atoms with van der Waals surface area (Å²) < 4.78 is 0.915. The smallest absolute Gasteiger partial charge is 0.321 e. The molecule has 1 fully saturated rings. The summed E-state index contributed by atoms with van der Waals surface area (Å²) in [6.45, 7) is 4.67. The molecule has 1 saturated heterocycles. The van der Waals surface area contributed by atoms with E-state index in [1.807, 2.05) is 29.2 Å². The molecule has 1 aromatic carbocycles. The van der Waals surface area contributed by atoms with Gasteiger partial charge in [-0.1, -0.05) is 23.8 Å². The fourth-order valence-electron chi connectivity index (χ4n) is 3.36. The molecular weight excluding hydrogens is 366 g/mol. The van der Waals surface area contributed by atoms with Gasteiger partial charge in [0.05, 0.1) is 5.69 Å². The molecule has 2 amide bonds. The van der Waals surface area contributed by atoms with Crippen LogP contribution in [0, 0.1) is 0 Å². The number of hydrogen-bond acceptors (Lipinski definition) is 2. The van der Waals surface area contributed by atoms with Crippen molar-refractivity contribution < 1.29 is 4.79 Å². The van der Waals surface area contributed by atoms with Crippen molar-refractivity contribution in [3.8, 4) is 0 Å². The Morgan fingerprint density at radius 2 is 1.92 bits per heavy atom. The van der Waals surface area contributed by atoms with Gasteiger partial charge in [0.15, 0.2) is 0 Å². The molecule has 5 heteroatoms. The summed E-state index contributed by atoms with van der Waals surface area (Å²) in [5.74, 6) is 0. The first-order chi connectivity index (χ1) is 11.7. The lowest BCUT2D eigenvalue weighted by atomic mass is 9.97. The van der Waals surface area contributed by atoms with Gasteiger partial charge in [-0.15, -0.1) is 0 Å². The molecule has 0 saturated carbocycles. The second-order valence-electron chi connectivity index (χ2n) is 6.60. The van der Waals surface area contributed by atoms with Crippen LogP contribution >= 0.6 is 15.9 Å². The largest absolute Gasteiger partial charge is 0.322 e. The summed E-state index contributed by atoms with van der Waals surface area (Å²) in [5.41, 5.74) is 2.46. The van der Waals surface area contributed by atoms with Crippen LogP contribution < -0.4 is 5.32 Å². The summed E-state index contributed by atoms with van der Waals surface area (Å²) in [6, 6.07) is 7.72. The normalized spacial score (nSPS) is 19.0. The first-order valence-electron chi connectivity index (χ1n) is 8.93.